The van der Waals surface area contributed by atoms with Gasteiger partial charge >= 0.3 is 0 Å². The van der Waals surface area contributed by atoms with Gasteiger partial charge in [0.05, 0.1) is 12.7 Å². The van der Waals surface area contributed by atoms with Gasteiger partial charge in [-0.15, -0.1) is 0 Å². The summed E-state index contributed by atoms with van der Waals surface area (Å²) < 4.78 is 5.88. The minimum Gasteiger partial charge on any atom is -0.396 e. The maximum Gasteiger partial charge on any atom is 0.0954 e. The number of nitrogens with zero attached hydrogens (tertiary/aromatic N) is 1. The first kappa shape index (κ1) is 11.2. The quantitative estimate of drug-likeness (QED) is 0.852. The number of benzene rings is 1. The standard InChI is InChI=1S/C14H19NO2/c16-10-11-7-15(8-11)9-14-13-4-2-1-3-12(13)5-6-17-14/h1-4,11,14,16H,5-10H2. The summed E-state index contributed by atoms with van der Waals surface area (Å²) in [5.74, 6) is 0.480. The molecule has 1 N–H and O–H groups in total. The topological polar surface area (TPSA) is 32.7 Å². The second kappa shape index (κ2) is 4.77. The first-order valence-electron chi connectivity index (χ1n) is 6.39. The van der Waals surface area contributed by atoms with Crippen molar-refractivity contribution in [2.24, 2.45) is 5.92 Å². The second-order valence-corrected chi connectivity index (χ2v) is 5.08. The van der Waals surface area contributed by atoms with Crippen LogP contribution in [-0.4, -0.2) is 42.9 Å². The Bertz CT molecular complexity index is 388. The van der Waals surface area contributed by atoms with E-state index in [-0.39, 0.29) is 6.10 Å². The summed E-state index contributed by atoms with van der Waals surface area (Å²) in [6.07, 6.45) is 1.26. The molecule has 0 aromatic heterocycles. The van der Waals surface area contributed by atoms with Crippen molar-refractivity contribution >= 4 is 0 Å². The molecule has 0 aliphatic carbocycles. The van der Waals surface area contributed by atoms with Gasteiger partial charge in [0.2, 0.25) is 0 Å². The number of rotatable bonds is 3. The highest BCUT2D eigenvalue weighted by atomic mass is 16.5. The Morgan fingerprint density at radius 3 is 2.94 bits per heavy atom. The van der Waals surface area contributed by atoms with E-state index in [4.69, 9.17) is 9.84 Å². The van der Waals surface area contributed by atoms with Crippen molar-refractivity contribution in [1.29, 1.82) is 0 Å². The van der Waals surface area contributed by atoms with Gasteiger partial charge in [0.25, 0.3) is 0 Å². The normalized spacial score (nSPS) is 25.4. The smallest absolute Gasteiger partial charge is 0.0954 e. The van der Waals surface area contributed by atoms with Gasteiger partial charge in [-0.25, -0.2) is 0 Å². The first-order chi connectivity index (χ1) is 8.36. The van der Waals surface area contributed by atoms with Crippen LogP contribution >= 0.6 is 0 Å². The van der Waals surface area contributed by atoms with Gasteiger partial charge in [-0.3, -0.25) is 4.90 Å². The van der Waals surface area contributed by atoms with Crippen LogP contribution in [0.25, 0.3) is 0 Å². The second-order valence-electron chi connectivity index (χ2n) is 5.08. The van der Waals surface area contributed by atoms with E-state index < -0.39 is 0 Å². The molecule has 3 rings (SSSR count). The predicted octanol–water partition coefficient (Wildman–Crippen LogP) is 1.22. The van der Waals surface area contributed by atoms with Crippen molar-refractivity contribution in [3.05, 3.63) is 35.4 Å². The lowest BCUT2D eigenvalue weighted by atomic mass is 9.95. The summed E-state index contributed by atoms with van der Waals surface area (Å²) in [7, 11) is 0. The summed E-state index contributed by atoms with van der Waals surface area (Å²) in [6.45, 7) is 4.14. The van der Waals surface area contributed by atoms with Gasteiger partial charge in [0.15, 0.2) is 0 Å². The van der Waals surface area contributed by atoms with E-state index in [1.165, 1.54) is 11.1 Å². The molecule has 1 unspecified atom stereocenters. The number of ether oxygens (including phenoxy) is 1. The molecule has 1 fully saturated rings. The fourth-order valence-corrected chi connectivity index (χ4v) is 2.80. The summed E-state index contributed by atoms with van der Waals surface area (Å²) in [5, 5.41) is 9.01. The van der Waals surface area contributed by atoms with Gasteiger partial charge in [-0.1, -0.05) is 24.3 Å². The SMILES string of the molecule is OCC1CN(CC2OCCc3ccccc32)C1. The van der Waals surface area contributed by atoms with Crippen LogP contribution in [0.4, 0.5) is 0 Å². The molecule has 2 aliphatic rings. The predicted molar refractivity (Wildman–Crippen MR) is 65.9 cm³/mol. The molecule has 92 valence electrons. The Morgan fingerprint density at radius 1 is 1.29 bits per heavy atom. The third-order valence-electron chi connectivity index (χ3n) is 3.81. The van der Waals surface area contributed by atoms with Crippen LogP contribution in [0.3, 0.4) is 0 Å². The molecular formula is C14H19NO2. The lowest BCUT2D eigenvalue weighted by Gasteiger charge is -2.41. The van der Waals surface area contributed by atoms with E-state index in [2.05, 4.69) is 29.2 Å². The molecule has 3 nitrogen and oxygen atoms in total. The summed E-state index contributed by atoms with van der Waals surface area (Å²) in [4.78, 5) is 2.37. The van der Waals surface area contributed by atoms with Crippen molar-refractivity contribution in [1.82, 2.24) is 4.90 Å². The Hall–Kier alpha value is -0.900. The Kier molecular flexibility index (Phi) is 3.14. The summed E-state index contributed by atoms with van der Waals surface area (Å²) >= 11 is 0. The first-order valence-corrected chi connectivity index (χ1v) is 6.39. The molecular weight excluding hydrogens is 214 g/mol. The molecule has 0 amide bonds. The van der Waals surface area contributed by atoms with E-state index in [0.29, 0.717) is 12.5 Å². The largest absolute Gasteiger partial charge is 0.396 e. The molecule has 2 heterocycles. The molecule has 17 heavy (non-hydrogen) atoms. The molecule has 3 heteroatoms. The zero-order valence-corrected chi connectivity index (χ0v) is 10.0. The monoisotopic (exact) mass is 233 g/mol. The zero-order chi connectivity index (χ0) is 11.7. The van der Waals surface area contributed by atoms with Gasteiger partial charge in [0.1, 0.15) is 0 Å². The van der Waals surface area contributed by atoms with E-state index in [0.717, 1.165) is 32.7 Å². The molecule has 0 spiro atoms. The van der Waals surface area contributed by atoms with Crippen LogP contribution < -0.4 is 0 Å². The highest BCUT2D eigenvalue weighted by Crippen LogP contribution is 2.29. The van der Waals surface area contributed by atoms with Crippen molar-refractivity contribution in [3.63, 3.8) is 0 Å². The summed E-state index contributed by atoms with van der Waals surface area (Å²) in [6, 6.07) is 8.58. The Labute approximate surface area is 102 Å². The molecule has 1 saturated heterocycles. The van der Waals surface area contributed by atoms with Crippen LogP contribution in [0.2, 0.25) is 0 Å². The van der Waals surface area contributed by atoms with Crippen molar-refractivity contribution in [2.75, 3.05) is 32.8 Å². The van der Waals surface area contributed by atoms with E-state index >= 15 is 0 Å². The average molecular weight is 233 g/mol. The van der Waals surface area contributed by atoms with Gasteiger partial charge < -0.3 is 9.84 Å². The van der Waals surface area contributed by atoms with Crippen LogP contribution in [0.5, 0.6) is 0 Å². The number of aliphatic hydroxyl groups is 1. The van der Waals surface area contributed by atoms with Crippen molar-refractivity contribution in [3.8, 4) is 0 Å². The fraction of sp³-hybridized carbons (Fsp3) is 0.571. The molecule has 0 bridgehead atoms. The van der Waals surface area contributed by atoms with Crippen LogP contribution in [0, 0.1) is 5.92 Å². The van der Waals surface area contributed by atoms with E-state index in [1.54, 1.807) is 0 Å². The van der Waals surface area contributed by atoms with Gasteiger partial charge in [-0.2, -0.15) is 0 Å². The van der Waals surface area contributed by atoms with Crippen molar-refractivity contribution in [2.45, 2.75) is 12.5 Å². The number of hydrogen-bond acceptors (Lipinski definition) is 3. The highest BCUT2D eigenvalue weighted by molar-refractivity contribution is 5.31. The van der Waals surface area contributed by atoms with Crippen LogP contribution in [0.1, 0.15) is 17.2 Å². The average Bonchev–Trinajstić information content (AvgIpc) is 2.33. The molecule has 0 saturated carbocycles. The molecule has 2 aliphatic heterocycles. The van der Waals surface area contributed by atoms with E-state index in [9.17, 15) is 0 Å². The van der Waals surface area contributed by atoms with Crippen LogP contribution in [0.15, 0.2) is 24.3 Å². The Morgan fingerprint density at radius 2 is 2.12 bits per heavy atom. The van der Waals surface area contributed by atoms with Crippen molar-refractivity contribution < 1.29 is 9.84 Å². The lowest BCUT2D eigenvalue weighted by molar-refractivity contribution is -0.0242. The Balaban J connectivity index is 1.65. The molecule has 1 aromatic rings. The highest BCUT2D eigenvalue weighted by Gasteiger charge is 2.30. The summed E-state index contributed by atoms with van der Waals surface area (Å²) in [5.41, 5.74) is 2.79. The number of hydrogen-bond donors (Lipinski definition) is 1. The van der Waals surface area contributed by atoms with Crippen LogP contribution in [-0.2, 0) is 11.2 Å². The third-order valence-corrected chi connectivity index (χ3v) is 3.81. The molecule has 1 atom stereocenters. The number of likely N-dealkylation sites (tertiary alicyclic amines) is 1. The minimum absolute atomic E-state index is 0.222. The maximum absolute atomic E-state index is 9.01. The number of aliphatic hydroxyl groups excluding tert-OH is 1. The lowest BCUT2D eigenvalue weighted by Crippen LogP contribution is -2.50. The minimum atomic E-state index is 0.222. The maximum atomic E-state index is 9.01. The third kappa shape index (κ3) is 2.23. The zero-order valence-electron chi connectivity index (χ0n) is 10.0. The number of fused-ring (bicyclic) bond motifs is 1. The van der Waals surface area contributed by atoms with Gasteiger partial charge in [-0.05, 0) is 17.5 Å². The van der Waals surface area contributed by atoms with Gasteiger partial charge in [0, 0.05) is 32.2 Å². The van der Waals surface area contributed by atoms with E-state index in [1.807, 2.05) is 0 Å². The fourth-order valence-electron chi connectivity index (χ4n) is 2.80. The molecule has 0 radical (unpaired) electrons. The molecule has 1 aromatic carbocycles.